The minimum Gasteiger partial charge on any atom is -0.479 e. The topological polar surface area (TPSA) is 64.4 Å². The molecule has 0 bridgehead atoms. The molecule has 0 aliphatic heterocycles. The maximum atomic E-state index is 12.8. The molecule has 0 fully saturated rings. The van der Waals surface area contributed by atoms with Gasteiger partial charge >= 0.3 is 0 Å². The van der Waals surface area contributed by atoms with Crippen molar-refractivity contribution in [1.29, 1.82) is 0 Å². The molecule has 0 radical (unpaired) electrons. The minimum atomic E-state index is -0.771. The minimum absolute atomic E-state index is 0.305. The highest BCUT2D eigenvalue weighted by Gasteiger charge is 2.18. The van der Waals surface area contributed by atoms with Crippen molar-refractivity contribution in [3.8, 4) is 17.2 Å². The van der Waals surface area contributed by atoms with Crippen molar-refractivity contribution in [1.82, 2.24) is 4.98 Å². The SMILES string of the molecule is Cc1cc2nc(-c3ccc(C)c(NC(=O)C(C)Oc4ccc(Cl)cc4Cl)c3)oc2cc1C. The number of amides is 1. The van der Waals surface area contributed by atoms with Gasteiger partial charge in [0.1, 0.15) is 11.3 Å². The smallest absolute Gasteiger partial charge is 0.265 e. The summed E-state index contributed by atoms with van der Waals surface area (Å²) in [7, 11) is 0. The Bertz CT molecular complexity index is 1290. The molecule has 1 unspecified atom stereocenters. The highest BCUT2D eigenvalue weighted by Crippen LogP contribution is 2.30. The summed E-state index contributed by atoms with van der Waals surface area (Å²) in [5.74, 6) is 0.582. The van der Waals surface area contributed by atoms with E-state index in [0.717, 1.165) is 33.4 Å². The number of carbonyl (C=O) groups excluding carboxylic acids is 1. The van der Waals surface area contributed by atoms with E-state index in [1.54, 1.807) is 25.1 Å². The number of ether oxygens (including phenoxy) is 1. The molecule has 4 aromatic rings. The van der Waals surface area contributed by atoms with E-state index in [1.807, 2.05) is 51.1 Å². The Morgan fingerprint density at radius 2 is 1.75 bits per heavy atom. The third-order valence-electron chi connectivity index (χ3n) is 5.31. The van der Waals surface area contributed by atoms with Crippen molar-refractivity contribution >= 4 is 45.9 Å². The zero-order valence-corrected chi connectivity index (χ0v) is 19.6. The molecule has 0 aliphatic carbocycles. The Balaban J connectivity index is 1.55. The average molecular weight is 469 g/mol. The van der Waals surface area contributed by atoms with Gasteiger partial charge in [0.15, 0.2) is 11.7 Å². The van der Waals surface area contributed by atoms with Crippen LogP contribution in [0.4, 0.5) is 5.69 Å². The maximum absolute atomic E-state index is 12.8. The zero-order chi connectivity index (χ0) is 23.0. The Morgan fingerprint density at radius 1 is 1.00 bits per heavy atom. The van der Waals surface area contributed by atoms with Crippen LogP contribution in [0.25, 0.3) is 22.6 Å². The van der Waals surface area contributed by atoms with Crippen LogP contribution in [0.15, 0.2) is 52.9 Å². The van der Waals surface area contributed by atoms with Crippen LogP contribution in [0.3, 0.4) is 0 Å². The summed E-state index contributed by atoms with van der Waals surface area (Å²) in [6.45, 7) is 7.66. The molecule has 1 aromatic heterocycles. The molecule has 1 amide bonds. The van der Waals surface area contributed by atoms with E-state index < -0.39 is 6.10 Å². The normalized spacial score (nSPS) is 12.1. The van der Waals surface area contributed by atoms with Crippen LogP contribution in [0.2, 0.25) is 10.0 Å². The van der Waals surface area contributed by atoms with Crippen molar-refractivity contribution in [3.63, 3.8) is 0 Å². The number of hydrogen-bond donors (Lipinski definition) is 1. The van der Waals surface area contributed by atoms with Gasteiger partial charge in [-0.3, -0.25) is 4.79 Å². The van der Waals surface area contributed by atoms with E-state index in [4.69, 9.17) is 32.4 Å². The van der Waals surface area contributed by atoms with Crippen molar-refractivity contribution in [2.75, 3.05) is 5.32 Å². The molecular formula is C25H22Cl2N2O3. The Hall–Kier alpha value is -3.02. The molecule has 32 heavy (non-hydrogen) atoms. The quantitative estimate of drug-likeness (QED) is 0.338. The second-order valence-corrected chi connectivity index (χ2v) is 8.62. The first kappa shape index (κ1) is 22.2. The summed E-state index contributed by atoms with van der Waals surface area (Å²) in [6.07, 6.45) is -0.771. The van der Waals surface area contributed by atoms with Crippen LogP contribution in [-0.2, 0) is 4.79 Å². The molecule has 0 spiro atoms. The predicted octanol–water partition coefficient (Wildman–Crippen LogP) is 7.13. The van der Waals surface area contributed by atoms with E-state index in [1.165, 1.54) is 0 Å². The van der Waals surface area contributed by atoms with Gasteiger partial charge in [-0.1, -0.05) is 29.3 Å². The van der Waals surface area contributed by atoms with Gasteiger partial charge in [0, 0.05) is 16.3 Å². The number of hydrogen-bond acceptors (Lipinski definition) is 4. The Morgan fingerprint density at radius 3 is 2.50 bits per heavy atom. The molecular weight excluding hydrogens is 447 g/mol. The molecule has 1 atom stereocenters. The Labute approximate surface area is 196 Å². The highest BCUT2D eigenvalue weighted by atomic mass is 35.5. The standard InChI is InChI=1S/C25H22Cl2N2O3/c1-13-5-6-17(25-29-21-9-14(2)15(3)10-23(21)32-25)11-20(13)28-24(30)16(4)31-22-8-7-18(26)12-19(22)27/h5-12,16H,1-4H3,(H,28,30). The third kappa shape index (κ3) is 4.59. The molecule has 4 rings (SSSR count). The van der Waals surface area contributed by atoms with Gasteiger partial charge in [-0.25, -0.2) is 4.98 Å². The lowest BCUT2D eigenvalue weighted by molar-refractivity contribution is -0.122. The number of aryl methyl sites for hydroxylation is 3. The first-order chi connectivity index (χ1) is 15.2. The molecule has 5 nitrogen and oxygen atoms in total. The van der Waals surface area contributed by atoms with Gasteiger partial charge in [0.05, 0.1) is 5.02 Å². The fraction of sp³-hybridized carbons (Fsp3) is 0.200. The molecule has 1 N–H and O–H groups in total. The molecule has 0 aliphatic rings. The van der Waals surface area contributed by atoms with Crippen LogP contribution >= 0.6 is 23.2 Å². The van der Waals surface area contributed by atoms with Crippen LogP contribution < -0.4 is 10.1 Å². The molecule has 3 aromatic carbocycles. The second kappa shape index (κ2) is 8.85. The molecule has 1 heterocycles. The summed E-state index contributed by atoms with van der Waals surface area (Å²) in [4.78, 5) is 17.4. The van der Waals surface area contributed by atoms with Crippen LogP contribution in [0, 0.1) is 20.8 Å². The number of oxazole rings is 1. The van der Waals surface area contributed by atoms with Gasteiger partial charge in [-0.05, 0) is 86.8 Å². The number of rotatable bonds is 5. The van der Waals surface area contributed by atoms with Gasteiger partial charge in [0.25, 0.3) is 5.91 Å². The molecule has 0 saturated heterocycles. The highest BCUT2D eigenvalue weighted by molar-refractivity contribution is 6.35. The number of anilines is 1. The summed E-state index contributed by atoms with van der Waals surface area (Å²) < 4.78 is 11.7. The number of halogens is 2. The predicted molar refractivity (Wildman–Crippen MR) is 129 cm³/mol. The lowest BCUT2D eigenvalue weighted by atomic mass is 10.1. The number of fused-ring (bicyclic) bond motifs is 1. The number of aromatic nitrogens is 1. The van der Waals surface area contributed by atoms with E-state index in [9.17, 15) is 4.79 Å². The summed E-state index contributed by atoms with van der Waals surface area (Å²) >= 11 is 12.1. The lowest BCUT2D eigenvalue weighted by Gasteiger charge is -2.17. The van der Waals surface area contributed by atoms with Crippen molar-refractivity contribution in [2.45, 2.75) is 33.8 Å². The Kier molecular flexibility index (Phi) is 6.13. The van der Waals surface area contributed by atoms with Gasteiger partial charge in [0.2, 0.25) is 5.89 Å². The molecule has 164 valence electrons. The van der Waals surface area contributed by atoms with Crippen molar-refractivity contribution in [3.05, 3.63) is 75.3 Å². The monoisotopic (exact) mass is 468 g/mol. The lowest BCUT2D eigenvalue weighted by Crippen LogP contribution is -2.30. The van der Waals surface area contributed by atoms with Crippen molar-refractivity contribution < 1.29 is 13.9 Å². The fourth-order valence-corrected chi connectivity index (χ4v) is 3.70. The molecule has 0 saturated carbocycles. The second-order valence-electron chi connectivity index (χ2n) is 7.78. The summed E-state index contributed by atoms with van der Waals surface area (Å²) in [6, 6.07) is 14.5. The van der Waals surface area contributed by atoms with E-state index in [-0.39, 0.29) is 5.91 Å². The summed E-state index contributed by atoms with van der Waals surface area (Å²) in [5.41, 5.74) is 6.16. The van der Waals surface area contributed by atoms with Crippen LogP contribution in [0.5, 0.6) is 5.75 Å². The average Bonchev–Trinajstić information content (AvgIpc) is 3.14. The number of nitrogens with one attached hydrogen (secondary N) is 1. The number of benzene rings is 3. The van der Waals surface area contributed by atoms with Gasteiger partial charge in [-0.15, -0.1) is 0 Å². The van der Waals surface area contributed by atoms with Gasteiger partial charge < -0.3 is 14.5 Å². The van der Waals surface area contributed by atoms with E-state index in [0.29, 0.717) is 27.4 Å². The fourth-order valence-electron chi connectivity index (χ4n) is 3.24. The van der Waals surface area contributed by atoms with Gasteiger partial charge in [-0.2, -0.15) is 0 Å². The third-order valence-corrected chi connectivity index (χ3v) is 5.84. The largest absolute Gasteiger partial charge is 0.479 e. The van der Waals surface area contributed by atoms with Crippen LogP contribution in [-0.4, -0.2) is 17.0 Å². The zero-order valence-electron chi connectivity index (χ0n) is 18.1. The summed E-state index contributed by atoms with van der Waals surface area (Å²) in [5, 5.41) is 3.76. The van der Waals surface area contributed by atoms with E-state index in [2.05, 4.69) is 10.3 Å². The number of carbonyl (C=O) groups is 1. The molecule has 7 heteroatoms. The maximum Gasteiger partial charge on any atom is 0.265 e. The van der Waals surface area contributed by atoms with Crippen molar-refractivity contribution in [2.24, 2.45) is 0 Å². The van der Waals surface area contributed by atoms with E-state index >= 15 is 0 Å². The first-order valence-corrected chi connectivity index (χ1v) is 10.9. The number of nitrogens with zero attached hydrogens (tertiary/aromatic N) is 1. The first-order valence-electron chi connectivity index (χ1n) is 10.1. The van der Waals surface area contributed by atoms with Crippen LogP contribution in [0.1, 0.15) is 23.6 Å².